The molecule has 2 aliphatic rings. The maximum atomic E-state index is 12.8. The molecule has 0 aromatic heterocycles. The highest BCUT2D eigenvalue weighted by Crippen LogP contribution is 2.29. The van der Waals surface area contributed by atoms with Gasteiger partial charge in [-0.2, -0.15) is 0 Å². The summed E-state index contributed by atoms with van der Waals surface area (Å²) in [5, 5.41) is 9.93. The summed E-state index contributed by atoms with van der Waals surface area (Å²) in [6, 6.07) is 6.55. The van der Waals surface area contributed by atoms with E-state index in [4.69, 9.17) is 4.74 Å². The summed E-state index contributed by atoms with van der Waals surface area (Å²) in [6.45, 7) is 7.54. The van der Waals surface area contributed by atoms with Crippen LogP contribution < -0.4 is 4.90 Å². The quantitative estimate of drug-likeness (QED) is 0.911. The monoisotopic (exact) mass is 346 g/mol. The Morgan fingerprint density at radius 3 is 2.52 bits per heavy atom. The van der Waals surface area contributed by atoms with Crippen molar-refractivity contribution in [3.8, 4) is 0 Å². The first-order chi connectivity index (χ1) is 12.0. The topological polar surface area (TPSA) is 53.0 Å². The Morgan fingerprint density at radius 1 is 1.16 bits per heavy atom. The van der Waals surface area contributed by atoms with E-state index in [1.165, 1.54) is 16.8 Å². The lowest BCUT2D eigenvalue weighted by atomic mass is 9.84. The Hall–Kier alpha value is -1.59. The number of carbonyl (C=O) groups is 1. The standard InChI is InChI=1S/C20H30N2O3/c1-14-4-6-17(15(2)12-14)21-8-10-22(11-9-21)20(24)16-5-7-18(23)19(13-16)25-3/h4,6,12,16,18-19,23H,5,7-11,13H2,1-3H3/t16-,18+,19-/m1/s1. The number of hydrogen-bond donors (Lipinski definition) is 1. The second-order valence-electron chi connectivity index (χ2n) is 7.45. The highest BCUT2D eigenvalue weighted by atomic mass is 16.5. The van der Waals surface area contributed by atoms with E-state index < -0.39 is 6.10 Å². The molecule has 5 heteroatoms. The zero-order chi connectivity index (χ0) is 18.0. The number of rotatable bonds is 3. The van der Waals surface area contributed by atoms with Crippen molar-refractivity contribution in [1.29, 1.82) is 0 Å². The smallest absolute Gasteiger partial charge is 0.225 e. The molecule has 1 saturated heterocycles. The van der Waals surface area contributed by atoms with Crippen molar-refractivity contribution in [2.45, 2.75) is 45.3 Å². The summed E-state index contributed by atoms with van der Waals surface area (Å²) in [7, 11) is 1.61. The van der Waals surface area contributed by atoms with Gasteiger partial charge in [-0.1, -0.05) is 17.7 Å². The lowest BCUT2D eigenvalue weighted by Gasteiger charge is -2.40. The molecule has 1 aromatic carbocycles. The van der Waals surface area contributed by atoms with Crippen molar-refractivity contribution in [2.24, 2.45) is 5.92 Å². The van der Waals surface area contributed by atoms with Gasteiger partial charge in [0.2, 0.25) is 5.91 Å². The van der Waals surface area contributed by atoms with E-state index in [9.17, 15) is 9.90 Å². The third-order valence-corrected chi connectivity index (χ3v) is 5.69. The normalized spacial score (nSPS) is 27.4. The molecular weight excluding hydrogens is 316 g/mol. The largest absolute Gasteiger partial charge is 0.390 e. The summed E-state index contributed by atoms with van der Waals surface area (Å²) in [5.74, 6) is 0.218. The number of benzene rings is 1. The molecule has 1 saturated carbocycles. The van der Waals surface area contributed by atoms with Crippen molar-refractivity contribution in [1.82, 2.24) is 4.90 Å². The summed E-state index contributed by atoms with van der Waals surface area (Å²) in [5.41, 5.74) is 3.85. The van der Waals surface area contributed by atoms with E-state index >= 15 is 0 Å². The van der Waals surface area contributed by atoms with Crippen molar-refractivity contribution in [3.63, 3.8) is 0 Å². The highest BCUT2D eigenvalue weighted by molar-refractivity contribution is 5.79. The first-order valence-electron chi connectivity index (χ1n) is 9.31. The average molecular weight is 346 g/mol. The van der Waals surface area contributed by atoms with Crippen LogP contribution in [0.3, 0.4) is 0 Å². The van der Waals surface area contributed by atoms with E-state index in [-0.39, 0.29) is 17.9 Å². The number of ether oxygens (including phenoxy) is 1. The molecule has 1 aromatic rings. The molecule has 1 amide bonds. The number of methoxy groups -OCH3 is 1. The summed E-state index contributed by atoms with van der Waals surface area (Å²) < 4.78 is 5.34. The van der Waals surface area contributed by atoms with Crippen LogP contribution in [0.25, 0.3) is 0 Å². The molecule has 3 rings (SSSR count). The third-order valence-electron chi connectivity index (χ3n) is 5.69. The second-order valence-corrected chi connectivity index (χ2v) is 7.45. The summed E-state index contributed by atoms with van der Waals surface area (Å²) in [4.78, 5) is 17.2. The van der Waals surface area contributed by atoms with Gasteiger partial charge in [0.15, 0.2) is 0 Å². The molecule has 5 nitrogen and oxygen atoms in total. The molecular formula is C20H30N2O3. The number of nitrogens with zero attached hydrogens (tertiary/aromatic N) is 2. The van der Waals surface area contributed by atoms with Gasteiger partial charge in [-0.05, 0) is 44.7 Å². The Balaban J connectivity index is 1.57. The Bertz CT molecular complexity index is 611. The number of aliphatic hydroxyl groups excluding tert-OH is 1. The molecule has 3 atom stereocenters. The number of piperazine rings is 1. The van der Waals surface area contributed by atoms with Crippen LogP contribution in [0.1, 0.15) is 30.4 Å². The minimum absolute atomic E-state index is 0.0130. The van der Waals surface area contributed by atoms with Gasteiger partial charge in [0, 0.05) is 44.9 Å². The highest BCUT2D eigenvalue weighted by Gasteiger charge is 2.35. The molecule has 25 heavy (non-hydrogen) atoms. The van der Waals surface area contributed by atoms with Crippen LogP contribution in [-0.4, -0.2) is 61.4 Å². The molecule has 2 fully saturated rings. The van der Waals surface area contributed by atoms with Gasteiger partial charge < -0.3 is 19.6 Å². The minimum atomic E-state index is -0.435. The zero-order valence-corrected chi connectivity index (χ0v) is 15.6. The predicted molar refractivity (Wildman–Crippen MR) is 98.9 cm³/mol. The number of anilines is 1. The number of aliphatic hydroxyl groups is 1. The predicted octanol–water partition coefficient (Wildman–Crippen LogP) is 2.13. The Kier molecular flexibility index (Phi) is 5.64. The van der Waals surface area contributed by atoms with E-state index in [1.807, 2.05) is 4.90 Å². The molecule has 138 valence electrons. The van der Waals surface area contributed by atoms with Crippen LogP contribution in [0.4, 0.5) is 5.69 Å². The fourth-order valence-electron chi connectivity index (χ4n) is 4.18. The number of amides is 1. The second kappa shape index (κ2) is 7.75. The number of hydrogen-bond acceptors (Lipinski definition) is 4. The van der Waals surface area contributed by atoms with Gasteiger partial charge in [-0.3, -0.25) is 4.79 Å². The molecule has 0 spiro atoms. The van der Waals surface area contributed by atoms with Crippen molar-refractivity contribution < 1.29 is 14.6 Å². The minimum Gasteiger partial charge on any atom is -0.390 e. The van der Waals surface area contributed by atoms with Gasteiger partial charge in [0.1, 0.15) is 0 Å². The molecule has 0 radical (unpaired) electrons. The zero-order valence-electron chi connectivity index (χ0n) is 15.6. The van der Waals surface area contributed by atoms with E-state index in [0.29, 0.717) is 12.8 Å². The molecule has 1 heterocycles. The summed E-state index contributed by atoms with van der Waals surface area (Å²) in [6.07, 6.45) is 1.40. The lowest BCUT2D eigenvalue weighted by Crippen LogP contribution is -2.52. The van der Waals surface area contributed by atoms with Gasteiger partial charge in [0.25, 0.3) is 0 Å². The van der Waals surface area contributed by atoms with Crippen LogP contribution in [0.5, 0.6) is 0 Å². The van der Waals surface area contributed by atoms with Crippen LogP contribution in [0.15, 0.2) is 18.2 Å². The maximum Gasteiger partial charge on any atom is 0.225 e. The van der Waals surface area contributed by atoms with Crippen molar-refractivity contribution in [2.75, 3.05) is 38.2 Å². The molecule has 1 aliphatic heterocycles. The van der Waals surface area contributed by atoms with Crippen LogP contribution >= 0.6 is 0 Å². The molecule has 0 bridgehead atoms. The van der Waals surface area contributed by atoms with E-state index in [0.717, 1.165) is 32.6 Å². The van der Waals surface area contributed by atoms with Crippen molar-refractivity contribution in [3.05, 3.63) is 29.3 Å². The fraction of sp³-hybridized carbons (Fsp3) is 0.650. The van der Waals surface area contributed by atoms with E-state index in [2.05, 4.69) is 36.9 Å². The van der Waals surface area contributed by atoms with Gasteiger partial charge in [-0.25, -0.2) is 0 Å². The molecule has 1 aliphatic carbocycles. The van der Waals surface area contributed by atoms with Gasteiger partial charge in [-0.15, -0.1) is 0 Å². The Labute approximate surface area is 150 Å². The first kappa shape index (κ1) is 18.2. The fourth-order valence-corrected chi connectivity index (χ4v) is 4.18. The number of aryl methyl sites for hydroxylation is 2. The average Bonchev–Trinajstić information content (AvgIpc) is 2.62. The van der Waals surface area contributed by atoms with Crippen molar-refractivity contribution >= 4 is 11.6 Å². The van der Waals surface area contributed by atoms with E-state index in [1.54, 1.807) is 7.11 Å². The summed E-state index contributed by atoms with van der Waals surface area (Å²) >= 11 is 0. The van der Waals surface area contributed by atoms with Gasteiger partial charge >= 0.3 is 0 Å². The van der Waals surface area contributed by atoms with Crippen LogP contribution in [0, 0.1) is 19.8 Å². The SMILES string of the molecule is CO[C@@H]1C[C@H](C(=O)N2CCN(c3ccc(C)cc3C)CC2)CC[C@@H]1O. The third kappa shape index (κ3) is 3.98. The van der Waals surface area contributed by atoms with Crippen LogP contribution in [0.2, 0.25) is 0 Å². The lowest BCUT2D eigenvalue weighted by molar-refractivity contribution is -0.141. The van der Waals surface area contributed by atoms with Gasteiger partial charge in [0.05, 0.1) is 12.2 Å². The Morgan fingerprint density at radius 2 is 1.88 bits per heavy atom. The number of carbonyl (C=O) groups excluding carboxylic acids is 1. The molecule has 0 unspecified atom stereocenters. The molecule has 1 N–H and O–H groups in total. The van der Waals surface area contributed by atoms with Crippen LogP contribution in [-0.2, 0) is 9.53 Å². The first-order valence-corrected chi connectivity index (χ1v) is 9.31. The maximum absolute atomic E-state index is 12.8.